The van der Waals surface area contributed by atoms with Gasteiger partial charge in [0, 0.05) is 42.9 Å². The minimum absolute atomic E-state index is 0.122. The first-order valence-corrected chi connectivity index (χ1v) is 14.2. The summed E-state index contributed by atoms with van der Waals surface area (Å²) in [5.74, 6) is -0.327. The lowest BCUT2D eigenvalue weighted by molar-refractivity contribution is -0.121. The second-order valence-electron chi connectivity index (χ2n) is 10.2. The largest absolute Gasteiger partial charge is 0.351 e. The van der Waals surface area contributed by atoms with Crippen LogP contribution in [0.1, 0.15) is 42.8 Å². The molecule has 4 rings (SSSR count). The predicted octanol–water partition coefficient (Wildman–Crippen LogP) is 5.31. The normalized spacial score (nSPS) is 12.1. The summed E-state index contributed by atoms with van der Waals surface area (Å²) in [6.45, 7) is 5.58. The van der Waals surface area contributed by atoms with E-state index in [0.717, 1.165) is 23.4 Å². The Balaban J connectivity index is 1.47. The minimum Gasteiger partial charge on any atom is -0.351 e. The fraction of sp³-hybridized carbons (Fsp3) is 0.281. The number of pyridine rings is 1. The smallest absolute Gasteiger partial charge is 0.226 e. The Kier molecular flexibility index (Phi) is 10.7. The van der Waals surface area contributed by atoms with Crippen molar-refractivity contribution in [3.63, 3.8) is 0 Å². The van der Waals surface area contributed by atoms with Gasteiger partial charge in [-0.1, -0.05) is 44.5 Å². The zero-order valence-corrected chi connectivity index (χ0v) is 24.5. The number of thiocarbonyl (C=S) groups is 1. The van der Waals surface area contributed by atoms with E-state index in [9.17, 15) is 9.18 Å². The van der Waals surface area contributed by atoms with Gasteiger partial charge in [0.15, 0.2) is 5.11 Å². The number of aromatic nitrogens is 3. The molecule has 0 aliphatic rings. The molecule has 0 bridgehead atoms. The van der Waals surface area contributed by atoms with Crippen LogP contribution in [0.25, 0.3) is 0 Å². The maximum absolute atomic E-state index is 13.8. The Morgan fingerprint density at radius 2 is 1.98 bits per heavy atom. The summed E-state index contributed by atoms with van der Waals surface area (Å²) in [7, 11) is 0. The highest BCUT2D eigenvalue weighted by atomic mass is 32.1. The molecule has 216 valence electrons. The summed E-state index contributed by atoms with van der Waals surface area (Å²) in [5, 5.41) is 15.8. The van der Waals surface area contributed by atoms with E-state index in [1.807, 2.05) is 39.8 Å². The van der Waals surface area contributed by atoms with Crippen molar-refractivity contribution in [3.8, 4) is 6.07 Å². The monoisotopic (exact) mass is 583 g/mol. The van der Waals surface area contributed by atoms with E-state index in [4.69, 9.17) is 17.5 Å². The summed E-state index contributed by atoms with van der Waals surface area (Å²) in [6.07, 6.45) is 6.15. The van der Waals surface area contributed by atoms with Crippen LogP contribution in [0.15, 0.2) is 85.5 Å². The number of benzene rings is 2. The third-order valence-corrected chi connectivity index (χ3v) is 7.47. The highest BCUT2D eigenvalue weighted by molar-refractivity contribution is 7.80. The highest BCUT2D eigenvalue weighted by Gasteiger charge is 2.24. The molecule has 0 aliphatic heterocycles. The van der Waals surface area contributed by atoms with Gasteiger partial charge in [-0.15, -0.1) is 0 Å². The van der Waals surface area contributed by atoms with Gasteiger partial charge < -0.3 is 20.1 Å². The molecule has 0 aliphatic carbocycles. The maximum atomic E-state index is 13.8. The molecule has 10 heteroatoms. The van der Waals surface area contributed by atoms with Gasteiger partial charge in [-0.3, -0.25) is 9.78 Å². The van der Waals surface area contributed by atoms with Crippen LogP contribution in [0, 0.1) is 23.1 Å². The summed E-state index contributed by atoms with van der Waals surface area (Å²) in [4.78, 5) is 24.0. The second kappa shape index (κ2) is 14.8. The zero-order valence-electron chi connectivity index (χ0n) is 23.7. The SMILES string of the molecule is CC[C@H](C)[C@@H](CN(Cc1ccccn1)C(=S)Nc1cccc(F)c1)NC(=O)Cc1cncn1Cc1ccc(C#N)cc1. The van der Waals surface area contributed by atoms with Crippen molar-refractivity contribution in [3.05, 3.63) is 114 Å². The zero-order chi connectivity index (χ0) is 29.9. The Bertz CT molecular complexity index is 1520. The van der Waals surface area contributed by atoms with Crippen LogP contribution < -0.4 is 10.6 Å². The molecule has 2 aromatic carbocycles. The van der Waals surface area contributed by atoms with Gasteiger partial charge in [-0.05, 0) is 66.2 Å². The average molecular weight is 584 g/mol. The number of halogens is 1. The lowest BCUT2D eigenvalue weighted by Crippen LogP contribution is -2.50. The molecule has 42 heavy (non-hydrogen) atoms. The van der Waals surface area contributed by atoms with Crippen LogP contribution in [0.5, 0.6) is 0 Å². The van der Waals surface area contributed by atoms with E-state index in [2.05, 4.69) is 40.5 Å². The molecule has 8 nitrogen and oxygen atoms in total. The van der Waals surface area contributed by atoms with Crippen LogP contribution in [-0.2, 0) is 24.3 Å². The van der Waals surface area contributed by atoms with Crippen molar-refractivity contribution >= 4 is 28.9 Å². The lowest BCUT2D eigenvalue weighted by atomic mass is 9.98. The molecule has 2 aromatic heterocycles. The van der Waals surface area contributed by atoms with Gasteiger partial charge in [-0.2, -0.15) is 5.26 Å². The molecule has 0 radical (unpaired) electrons. The number of imidazole rings is 1. The van der Waals surface area contributed by atoms with Crippen molar-refractivity contribution in [2.45, 2.75) is 45.8 Å². The number of nitrogens with zero attached hydrogens (tertiary/aromatic N) is 5. The van der Waals surface area contributed by atoms with E-state index in [1.54, 1.807) is 43.0 Å². The number of rotatable bonds is 12. The third-order valence-electron chi connectivity index (χ3n) is 7.11. The lowest BCUT2D eigenvalue weighted by Gasteiger charge is -2.33. The molecule has 0 saturated heterocycles. The second-order valence-corrected chi connectivity index (χ2v) is 10.6. The number of hydrogen-bond acceptors (Lipinski definition) is 5. The van der Waals surface area contributed by atoms with Gasteiger partial charge in [0.25, 0.3) is 0 Å². The van der Waals surface area contributed by atoms with Gasteiger partial charge in [0.1, 0.15) is 5.82 Å². The van der Waals surface area contributed by atoms with Crippen molar-refractivity contribution in [2.75, 3.05) is 11.9 Å². The first-order chi connectivity index (χ1) is 20.3. The van der Waals surface area contributed by atoms with Crippen LogP contribution in [0.2, 0.25) is 0 Å². The summed E-state index contributed by atoms with van der Waals surface area (Å²) in [5.41, 5.74) is 3.76. The Hall–Kier alpha value is -4.62. The average Bonchev–Trinajstić information content (AvgIpc) is 3.42. The molecule has 1 amide bonds. The van der Waals surface area contributed by atoms with Gasteiger partial charge in [0.2, 0.25) is 5.91 Å². The molecule has 2 atom stereocenters. The van der Waals surface area contributed by atoms with Crippen molar-refractivity contribution in [1.82, 2.24) is 24.8 Å². The maximum Gasteiger partial charge on any atom is 0.226 e. The quantitative estimate of drug-likeness (QED) is 0.218. The molecule has 2 heterocycles. The highest BCUT2D eigenvalue weighted by Crippen LogP contribution is 2.16. The van der Waals surface area contributed by atoms with Crippen LogP contribution in [0.3, 0.4) is 0 Å². The summed E-state index contributed by atoms with van der Waals surface area (Å²) >= 11 is 5.77. The predicted molar refractivity (Wildman–Crippen MR) is 165 cm³/mol. The van der Waals surface area contributed by atoms with E-state index in [1.165, 1.54) is 12.1 Å². The molecule has 2 N–H and O–H groups in total. The van der Waals surface area contributed by atoms with Gasteiger partial charge >= 0.3 is 0 Å². The molecular formula is C32H34FN7OS. The summed E-state index contributed by atoms with van der Waals surface area (Å²) < 4.78 is 15.8. The Labute approximate surface area is 251 Å². The third kappa shape index (κ3) is 8.69. The van der Waals surface area contributed by atoms with Crippen molar-refractivity contribution in [2.24, 2.45) is 5.92 Å². The first kappa shape index (κ1) is 30.3. The molecule has 4 aromatic rings. The van der Waals surface area contributed by atoms with E-state index >= 15 is 0 Å². The molecule has 0 spiro atoms. The number of nitriles is 1. The fourth-order valence-corrected chi connectivity index (χ4v) is 4.76. The van der Waals surface area contributed by atoms with Gasteiger partial charge in [0.05, 0.1) is 36.6 Å². The Morgan fingerprint density at radius 1 is 1.17 bits per heavy atom. The molecular weight excluding hydrogens is 549 g/mol. The standard InChI is InChI=1S/C32H34FN7OS/c1-3-23(2)30(38-31(41)16-29-18-35-22-40(29)19-25-12-10-24(17-34)11-13-25)21-39(20-28-8-4-5-14-36-28)32(42)37-27-9-6-7-26(33)15-27/h4-15,18,22-23,30H,3,16,19-21H2,1-2H3,(H,37,42)(H,38,41)/t23-,30+/m0/s1. The van der Waals surface area contributed by atoms with Crippen molar-refractivity contribution < 1.29 is 9.18 Å². The van der Waals surface area contributed by atoms with Crippen LogP contribution in [0.4, 0.5) is 10.1 Å². The molecule has 0 saturated carbocycles. The molecule has 0 fully saturated rings. The fourth-order valence-electron chi connectivity index (χ4n) is 4.51. The van der Waals surface area contributed by atoms with Crippen LogP contribution in [-0.4, -0.2) is 43.0 Å². The van der Waals surface area contributed by atoms with E-state index < -0.39 is 0 Å². The van der Waals surface area contributed by atoms with Crippen molar-refractivity contribution in [1.29, 1.82) is 5.26 Å². The number of anilines is 1. The molecule has 0 unspecified atom stereocenters. The summed E-state index contributed by atoms with van der Waals surface area (Å²) in [6, 6.07) is 21.1. The topological polar surface area (TPSA) is 98.9 Å². The number of amides is 1. The number of hydrogen-bond donors (Lipinski definition) is 2. The van der Waals surface area contributed by atoms with E-state index in [-0.39, 0.29) is 30.1 Å². The number of carbonyl (C=O) groups is 1. The van der Waals surface area contributed by atoms with Gasteiger partial charge in [-0.25, -0.2) is 9.37 Å². The number of carbonyl (C=O) groups excluding carboxylic acids is 1. The minimum atomic E-state index is -0.359. The number of nitrogens with one attached hydrogen (secondary N) is 2. The van der Waals surface area contributed by atoms with E-state index in [0.29, 0.717) is 36.0 Å². The van der Waals surface area contributed by atoms with Crippen LogP contribution >= 0.6 is 12.2 Å². The first-order valence-electron chi connectivity index (χ1n) is 13.8. The Morgan fingerprint density at radius 3 is 2.67 bits per heavy atom.